The van der Waals surface area contributed by atoms with Gasteiger partial charge in [0.25, 0.3) is 0 Å². The third kappa shape index (κ3) is 2.45. The van der Waals surface area contributed by atoms with Gasteiger partial charge in [-0.1, -0.05) is 41.3 Å². The maximum atomic E-state index is 12.7. The van der Waals surface area contributed by atoms with E-state index in [4.69, 9.17) is 0 Å². The molecule has 2 aromatic rings. The second-order valence-electron chi connectivity index (χ2n) is 4.85. The van der Waals surface area contributed by atoms with Gasteiger partial charge in [0.2, 0.25) is 5.91 Å². The van der Waals surface area contributed by atoms with Crippen LogP contribution in [0, 0.1) is 0 Å². The van der Waals surface area contributed by atoms with Gasteiger partial charge in [-0.3, -0.25) is 4.79 Å². The van der Waals surface area contributed by atoms with E-state index < -0.39 is 0 Å². The quantitative estimate of drug-likeness (QED) is 0.818. The van der Waals surface area contributed by atoms with E-state index in [9.17, 15) is 4.79 Å². The fourth-order valence-electron chi connectivity index (χ4n) is 2.51. The molecule has 104 valence electrons. The third-order valence-electron chi connectivity index (χ3n) is 3.41. The van der Waals surface area contributed by atoms with Crippen LogP contribution in [0.2, 0.25) is 0 Å². The summed E-state index contributed by atoms with van der Waals surface area (Å²) in [7, 11) is 0. The maximum Gasteiger partial charge on any atom is 0.240 e. The molecule has 0 spiro atoms. The van der Waals surface area contributed by atoms with Gasteiger partial charge in [0.15, 0.2) is 4.34 Å². The fraction of sp³-hybridized carbons (Fsp3) is 0.357. The number of para-hydroxylation sites is 1. The molecule has 0 saturated carbocycles. The minimum atomic E-state index is -0.156. The molecule has 20 heavy (non-hydrogen) atoms. The predicted octanol–water partition coefficient (Wildman–Crippen LogP) is 3.00. The van der Waals surface area contributed by atoms with Crippen molar-refractivity contribution in [2.45, 2.75) is 35.9 Å². The molecule has 0 N–H and O–H groups in total. The first-order chi connectivity index (χ1) is 9.66. The lowest BCUT2D eigenvalue weighted by molar-refractivity contribution is -0.118. The van der Waals surface area contributed by atoms with Gasteiger partial charge in [-0.15, -0.1) is 10.2 Å². The molecule has 1 aliphatic rings. The van der Waals surface area contributed by atoms with Gasteiger partial charge >= 0.3 is 0 Å². The molecule has 0 aliphatic carbocycles. The molecule has 1 aliphatic heterocycles. The molecular weight excluding hydrogens is 290 g/mol. The molecule has 1 amide bonds. The number of anilines is 1. The first-order valence-corrected chi connectivity index (χ1v) is 8.26. The van der Waals surface area contributed by atoms with Gasteiger partial charge in [-0.2, -0.15) is 0 Å². The molecular formula is C14H15N3OS2. The fourth-order valence-corrected chi connectivity index (χ4v) is 4.19. The Kier molecular flexibility index (Phi) is 3.76. The zero-order valence-corrected chi connectivity index (χ0v) is 12.9. The van der Waals surface area contributed by atoms with Crippen LogP contribution in [0.15, 0.2) is 34.1 Å². The van der Waals surface area contributed by atoms with Gasteiger partial charge < -0.3 is 4.90 Å². The normalized spacial score (nSPS) is 18.9. The van der Waals surface area contributed by atoms with E-state index in [1.165, 1.54) is 28.7 Å². The first-order valence-electron chi connectivity index (χ1n) is 6.50. The van der Waals surface area contributed by atoms with Crippen molar-refractivity contribution in [3.63, 3.8) is 0 Å². The Morgan fingerprint density at radius 2 is 2.30 bits per heavy atom. The van der Waals surface area contributed by atoms with E-state index in [2.05, 4.69) is 23.2 Å². The van der Waals surface area contributed by atoms with Crippen molar-refractivity contribution in [2.24, 2.45) is 0 Å². The van der Waals surface area contributed by atoms with Crippen LogP contribution in [0.4, 0.5) is 5.69 Å². The second kappa shape index (κ2) is 5.54. The van der Waals surface area contributed by atoms with Crippen molar-refractivity contribution in [2.75, 3.05) is 4.90 Å². The standard InChI is InChI=1S/C14H15N3OS2/c1-9-7-11-5-3-4-6-12(11)17(9)13(18)10(2)20-14-16-15-8-19-14/h3-6,8-10H,7H2,1-2H3/t9-,10+/m1/s1. The molecule has 0 saturated heterocycles. The molecule has 0 bridgehead atoms. The van der Waals surface area contributed by atoms with Crippen LogP contribution in [0.25, 0.3) is 0 Å². The summed E-state index contributed by atoms with van der Waals surface area (Å²) in [6.07, 6.45) is 0.929. The van der Waals surface area contributed by atoms with E-state index in [1.807, 2.05) is 30.0 Å². The minimum Gasteiger partial charge on any atom is -0.308 e. The summed E-state index contributed by atoms with van der Waals surface area (Å²) in [5, 5.41) is 7.64. The summed E-state index contributed by atoms with van der Waals surface area (Å²) < 4.78 is 0.839. The molecule has 0 fully saturated rings. The van der Waals surface area contributed by atoms with E-state index in [0.717, 1.165) is 16.4 Å². The number of hydrogen-bond donors (Lipinski definition) is 0. The van der Waals surface area contributed by atoms with Crippen LogP contribution in [0.1, 0.15) is 19.4 Å². The van der Waals surface area contributed by atoms with Crippen molar-refractivity contribution >= 4 is 34.7 Å². The topological polar surface area (TPSA) is 46.1 Å². The summed E-state index contributed by atoms with van der Waals surface area (Å²) in [6, 6.07) is 8.36. The Morgan fingerprint density at radius 1 is 1.50 bits per heavy atom. The molecule has 2 heterocycles. The Labute approximate surface area is 126 Å². The molecule has 3 rings (SSSR count). The van der Waals surface area contributed by atoms with Gasteiger partial charge in [-0.25, -0.2) is 0 Å². The smallest absolute Gasteiger partial charge is 0.240 e. The Morgan fingerprint density at radius 3 is 3.05 bits per heavy atom. The van der Waals surface area contributed by atoms with E-state index in [0.29, 0.717) is 0 Å². The minimum absolute atomic E-state index is 0.141. The van der Waals surface area contributed by atoms with Gasteiger partial charge in [0, 0.05) is 11.7 Å². The zero-order valence-electron chi connectivity index (χ0n) is 11.3. The van der Waals surface area contributed by atoms with Crippen LogP contribution in [-0.4, -0.2) is 27.4 Å². The van der Waals surface area contributed by atoms with Crippen LogP contribution >= 0.6 is 23.1 Å². The lowest BCUT2D eigenvalue weighted by Gasteiger charge is -2.25. The number of benzene rings is 1. The van der Waals surface area contributed by atoms with Crippen molar-refractivity contribution in [3.8, 4) is 0 Å². The number of aromatic nitrogens is 2. The summed E-state index contributed by atoms with van der Waals surface area (Å²) in [5.41, 5.74) is 3.99. The highest BCUT2D eigenvalue weighted by Gasteiger charge is 2.33. The van der Waals surface area contributed by atoms with Crippen LogP contribution in [0.3, 0.4) is 0 Å². The second-order valence-corrected chi connectivity index (χ2v) is 7.28. The number of carbonyl (C=O) groups is 1. The van der Waals surface area contributed by atoms with E-state index >= 15 is 0 Å². The monoisotopic (exact) mass is 305 g/mol. The first kappa shape index (κ1) is 13.6. The SMILES string of the molecule is C[C@H](Sc1nncs1)C(=O)N1c2ccccc2C[C@H]1C. The zero-order chi connectivity index (χ0) is 14.1. The maximum absolute atomic E-state index is 12.7. The highest BCUT2D eigenvalue weighted by Crippen LogP contribution is 2.34. The van der Waals surface area contributed by atoms with Crippen molar-refractivity contribution in [1.82, 2.24) is 10.2 Å². The van der Waals surface area contributed by atoms with Crippen LogP contribution in [0.5, 0.6) is 0 Å². The number of carbonyl (C=O) groups excluding carboxylic acids is 1. The number of rotatable bonds is 3. The number of fused-ring (bicyclic) bond motifs is 1. The molecule has 0 unspecified atom stereocenters. The van der Waals surface area contributed by atoms with Crippen LogP contribution < -0.4 is 4.90 Å². The number of nitrogens with zero attached hydrogens (tertiary/aromatic N) is 3. The van der Waals surface area contributed by atoms with E-state index in [1.54, 1.807) is 5.51 Å². The largest absolute Gasteiger partial charge is 0.308 e. The Balaban J connectivity index is 1.80. The number of thioether (sulfide) groups is 1. The lowest BCUT2D eigenvalue weighted by atomic mass is 10.1. The van der Waals surface area contributed by atoms with Gasteiger partial charge in [-0.05, 0) is 31.9 Å². The molecule has 1 aromatic heterocycles. The van der Waals surface area contributed by atoms with E-state index in [-0.39, 0.29) is 17.2 Å². The van der Waals surface area contributed by atoms with Gasteiger partial charge in [0.1, 0.15) is 5.51 Å². The summed E-state index contributed by atoms with van der Waals surface area (Å²) >= 11 is 2.94. The Bertz CT molecular complexity index is 615. The Hall–Kier alpha value is -1.40. The van der Waals surface area contributed by atoms with Crippen molar-refractivity contribution < 1.29 is 4.79 Å². The predicted molar refractivity (Wildman–Crippen MR) is 82.3 cm³/mol. The highest BCUT2D eigenvalue weighted by molar-refractivity contribution is 8.02. The molecule has 2 atom stereocenters. The molecule has 0 radical (unpaired) electrons. The number of hydrogen-bond acceptors (Lipinski definition) is 5. The van der Waals surface area contributed by atoms with Crippen molar-refractivity contribution in [3.05, 3.63) is 35.3 Å². The lowest BCUT2D eigenvalue weighted by Crippen LogP contribution is -2.40. The highest BCUT2D eigenvalue weighted by atomic mass is 32.2. The molecule has 4 nitrogen and oxygen atoms in total. The average Bonchev–Trinajstić information content (AvgIpc) is 3.04. The third-order valence-corrected chi connectivity index (χ3v) is 5.31. The summed E-state index contributed by atoms with van der Waals surface area (Å²) in [6.45, 7) is 4.03. The summed E-state index contributed by atoms with van der Waals surface area (Å²) in [5.74, 6) is 0.141. The van der Waals surface area contributed by atoms with Crippen molar-refractivity contribution in [1.29, 1.82) is 0 Å². The number of amides is 1. The molecule has 1 aromatic carbocycles. The summed E-state index contributed by atoms with van der Waals surface area (Å²) in [4.78, 5) is 14.6. The average molecular weight is 305 g/mol. The van der Waals surface area contributed by atoms with Gasteiger partial charge in [0.05, 0.1) is 5.25 Å². The molecule has 6 heteroatoms. The van der Waals surface area contributed by atoms with Crippen LogP contribution in [-0.2, 0) is 11.2 Å².